The zero-order chi connectivity index (χ0) is 15.0. The maximum atomic E-state index is 12.5. The number of pyridine rings is 1. The molecule has 0 fully saturated rings. The zero-order valence-corrected chi connectivity index (χ0v) is 12.4. The standard InChI is InChI=1S/C15H22N4O/c1-4-8-17-14-10-12(3)18-11-13(14)15(20)19(5-2)9-6-7-16/h10-11H,4-6,8-9H2,1-3H3,(H,17,18). The summed E-state index contributed by atoms with van der Waals surface area (Å²) >= 11 is 0. The van der Waals surface area contributed by atoms with Crippen LogP contribution >= 0.6 is 0 Å². The van der Waals surface area contributed by atoms with Crippen LogP contribution in [0.2, 0.25) is 0 Å². The average Bonchev–Trinajstić information content (AvgIpc) is 2.45. The molecule has 0 unspecified atom stereocenters. The Bertz CT molecular complexity index is 493. The van der Waals surface area contributed by atoms with Crippen LogP contribution in [0.3, 0.4) is 0 Å². The number of nitrogens with zero attached hydrogens (tertiary/aromatic N) is 3. The van der Waals surface area contributed by atoms with Crippen molar-refractivity contribution in [1.82, 2.24) is 9.88 Å². The number of hydrogen-bond donors (Lipinski definition) is 1. The number of nitriles is 1. The van der Waals surface area contributed by atoms with Crippen molar-refractivity contribution in [2.75, 3.05) is 25.0 Å². The molecule has 1 aromatic rings. The molecule has 20 heavy (non-hydrogen) atoms. The van der Waals surface area contributed by atoms with Crippen molar-refractivity contribution >= 4 is 11.6 Å². The van der Waals surface area contributed by atoms with Crippen LogP contribution in [0.1, 0.15) is 42.7 Å². The van der Waals surface area contributed by atoms with E-state index in [1.165, 1.54) is 0 Å². The fraction of sp³-hybridized carbons (Fsp3) is 0.533. The number of carbonyl (C=O) groups is 1. The highest BCUT2D eigenvalue weighted by Crippen LogP contribution is 2.18. The van der Waals surface area contributed by atoms with Gasteiger partial charge in [0, 0.05) is 31.5 Å². The van der Waals surface area contributed by atoms with Crippen molar-refractivity contribution in [2.45, 2.75) is 33.6 Å². The summed E-state index contributed by atoms with van der Waals surface area (Å²) in [6.07, 6.45) is 2.95. The lowest BCUT2D eigenvalue weighted by Gasteiger charge is -2.21. The summed E-state index contributed by atoms with van der Waals surface area (Å²) in [6.45, 7) is 7.74. The van der Waals surface area contributed by atoms with Crippen molar-refractivity contribution in [1.29, 1.82) is 5.26 Å². The molecule has 0 aliphatic heterocycles. The molecule has 1 rings (SSSR count). The highest BCUT2D eigenvalue weighted by Gasteiger charge is 2.18. The number of rotatable bonds is 7. The lowest BCUT2D eigenvalue weighted by atomic mass is 10.1. The van der Waals surface area contributed by atoms with Gasteiger partial charge in [0.1, 0.15) is 0 Å². The zero-order valence-electron chi connectivity index (χ0n) is 12.4. The molecule has 5 nitrogen and oxygen atoms in total. The molecule has 0 aliphatic rings. The maximum Gasteiger partial charge on any atom is 0.257 e. The summed E-state index contributed by atoms with van der Waals surface area (Å²) in [7, 11) is 0. The van der Waals surface area contributed by atoms with Gasteiger partial charge < -0.3 is 10.2 Å². The third kappa shape index (κ3) is 4.23. The summed E-state index contributed by atoms with van der Waals surface area (Å²) in [6, 6.07) is 3.96. The van der Waals surface area contributed by atoms with Gasteiger partial charge in [-0.1, -0.05) is 6.92 Å². The van der Waals surface area contributed by atoms with Crippen LogP contribution in [0, 0.1) is 18.3 Å². The van der Waals surface area contributed by atoms with Crippen LogP contribution in [-0.2, 0) is 0 Å². The Morgan fingerprint density at radius 3 is 2.85 bits per heavy atom. The molecule has 0 radical (unpaired) electrons. The molecule has 108 valence electrons. The Balaban J connectivity index is 2.98. The smallest absolute Gasteiger partial charge is 0.257 e. The minimum atomic E-state index is -0.0751. The molecule has 0 aliphatic carbocycles. The minimum Gasteiger partial charge on any atom is -0.384 e. The maximum absolute atomic E-state index is 12.5. The Hall–Kier alpha value is -2.09. The fourth-order valence-corrected chi connectivity index (χ4v) is 1.89. The van der Waals surface area contributed by atoms with Crippen LogP contribution in [-0.4, -0.2) is 35.4 Å². The Morgan fingerprint density at radius 2 is 2.25 bits per heavy atom. The van der Waals surface area contributed by atoms with Gasteiger partial charge in [0.05, 0.1) is 23.7 Å². The molecule has 1 amide bonds. The topological polar surface area (TPSA) is 69.0 Å². The molecule has 1 heterocycles. The number of aryl methyl sites for hydroxylation is 1. The number of nitrogens with one attached hydrogen (secondary N) is 1. The van der Waals surface area contributed by atoms with E-state index in [0.717, 1.165) is 24.3 Å². The molecule has 5 heteroatoms. The number of carbonyl (C=O) groups excluding carboxylic acids is 1. The molecule has 1 aromatic heterocycles. The van der Waals surface area contributed by atoms with E-state index in [1.54, 1.807) is 11.1 Å². The predicted molar refractivity (Wildman–Crippen MR) is 79.6 cm³/mol. The van der Waals surface area contributed by atoms with Gasteiger partial charge in [0.25, 0.3) is 5.91 Å². The molecule has 1 N–H and O–H groups in total. The van der Waals surface area contributed by atoms with Gasteiger partial charge in [-0.25, -0.2) is 0 Å². The van der Waals surface area contributed by atoms with E-state index in [2.05, 4.69) is 23.3 Å². The molecular weight excluding hydrogens is 252 g/mol. The average molecular weight is 274 g/mol. The molecule has 0 saturated carbocycles. The molecule has 0 atom stereocenters. The first kappa shape index (κ1) is 16.0. The lowest BCUT2D eigenvalue weighted by molar-refractivity contribution is 0.0768. The predicted octanol–water partition coefficient (Wildman–Crippen LogP) is 2.59. The number of anilines is 1. The number of aromatic nitrogens is 1. The Kier molecular flexibility index (Phi) is 6.51. The Labute approximate surface area is 120 Å². The Morgan fingerprint density at radius 1 is 1.50 bits per heavy atom. The second-order valence-corrected chi connectivity index (χ2v) is 4.59. The van der Waals surface area contributed by atoms with Gasteiger partial charge >= 0.3 is 0 Å². The monoisotopic (exact) mass is 274 g/mol. The van der Waals surface area contributed by atoms with Crippen LogP contribution in [0.4, 0.5) is 5.69 Å². The van der Waals surface area contributed by atoms with Gasteiger partial charge in [-0.05, 0) is 26.3 Å². The van der Waals surface area contributed by atoms with Crippen LogP contribution < -0.4 is 5.32 Å². The summed E-state index contributed by atoms with van der Waals surface area (Å²) < 4.78 is 0. The largest absolute Gasteiger partial charge is 0.384 e. The summed E-state index contributed by atoms with van der Waals surface area (Å²) in [5.74, 6) is -0.0751. The number of amides is 1. The molecular formula is C15H22N4O. The fourth-order valence-electron chi connectivity index (χ4n) is 1.89. The van der Waals surface area contributed by atoms with E-state index in [4.69, 9.17) is 5.26 Å². The van der Waals surface area contributed by atoms with Crippen molar-refractivity contribution in [2.24, 2.45) is 0 Å². The normalized spacial score (nSPS) is 9.90. The van der Waals surface area contributed by atoms with Crippen molar-refractivity contribution < 1.29 is 4.79 Å². The van der Waals surface area contributed by atoms with Gasteiger partial charge in [0.2, 0.25) is 0 Å². The molecule has 0 saturated heterocycles. The van der Waals surface area contributed by atoms with Gasteiger partial charge in [-0.3, -0.25) is 9.78 Å². The third-order valence-electron chi connectivity index (χ3n) is 3.00. The van der Waals surface area contributed by atoms with E-state index in [0.29, 0.717) is 25.1 Å². The number of hydrogen-bond acceptors (Lipinski definition) is 4. The van der Waals surface area contributed by atoms with Crippen LogP contribution in [0.5, 0.6) is 0 Å². The van der Waals surface area contributed by atoms with Gasteiger partial charge in [-0.15, -0.1) is 0 Å². The first-order valence-corrected chi connectivity index (χ1v) is 7.00. The lowest BCUT2D eigenvalue weighted by Crippen LogP contribution is -2.32. The highest BCUT2D eigenvalue weighted by atomic mass is 16.2. The SMILES string of the molecule is CCCNc1cc(C)ncc1C(=O)N(CC)CCC#N. The van der Waals surface area contributed by atoms with Crippen molar-refractivity contribution in [3.8, 4) is 6.07 Å². The molecule has 0 aromatic carbocycles. The van der Waals surface area contributed by atoms with E-state index in [1.807, 2.05) is 19.9 Å². The summed E-state index contributed by atoms with van der Waals surface area (Å²) in [5, 5.41) is 11.9. The molecule has 0 bridgehead atoms. The van der Waals surface area contributed by atoms with E-state index in [-0.39, 0.29) is 5.91 Å². The molecule has 0 spiro atoms. The van der Waals surface area contributed by atoms with Gasteiger partial charge in [0.15, 0.2) is 0 Å². The first-order chi connectivity index (χ1) is 9.63. The van der Waals surface area contributed by atoms with E-state index >= 15 is 0 Å². The summed E-state index contributed by atoms with van der Waals surface area (Å²) in [5.41, 5.74) is 2.27. The van der Waals surface area contributed by atoms with Crippen LogP contribution in [0.25, 0.3) is 0 Å². The second kappa shape index (κ2) is 8.16. The van der Waals surface area contributed by atoms with E-state index in [9.17, 15) is 4.79 Å². The van der Waals surface area contributed by atoms with Crippen molar-refractivity contribution in [3.05, 3.63) is 23.5 Å². The van der Waals surface area contributed by atoms with Crippen LogP contribution in [0.15, 0.2) is 12.3 Å². The minimum absolute atomic E-state index is 0.0751. The highest BCUT2D eigenvalue weighted by molar-refractivity contribution is 5.99. The first-order valence-electron chi connectivity index (χ1n) is 7.00. The second-order valence-electron chi connectivity index (χ2n) is 4.59. The van der Waals surface area contributed by atoms with Crippen molar-refractivity contribution in [3.63, 3.8) is 0 Å². The summed E-state index contributed by atoms with van der Waals surface area (Å²) in [4.78, 5) is 18.4. The van der Waals surface area contributed by atoms with Gasteiger partial charge in [-0.2, -0.15) is 5.26 Å². The van der Waals surface area contributed by atoms with E-state index < -0.39 is 0 Å². The quantitative estimate of drug-likeness (QED) is 0.829. The third-order valence-corrected chi connectivity index (χ3v) is 3.00.